The van der Waals surface area contributed by atoms with E-state index in [0.29, 0.717) is 12.2 Å². The second-order valence-corrected chi connectivity index (χ2v) is 9.67. The summed E-state index contributed by atoms with van der Waals surface area (Å²) < 4.78 is 6.40. The number of ether oxygens (including phenoxy) is 1. The van der Waals surface area contributed by atoms with Crippen molar-refractivity contribution in [2.45, 2.75) is 40.2 Å². The Labute approximate surface area is 187 Å². The number of carbonyl (C=O) groups excluding carboxylic acids is 2. The minimum atomic E-state index is -0.421. The van der Waals surface area contributed by atoms with Gasteiger partial charge in [0.15, 0.2) is 0 Å². The number of benzene rings is 2. The summed E-state index contributed by atoms with van der Waals surface area (Å²) in [4.78, 5) is 30.9. The number of esters is 1. The summed E-state index contributed by atoms with van der Waals surface area (Å²) in [5.74, 6) is -0.453. The average molecular weight is 440 g/mol. The molecule has 0 bridgehead atoms. The number of hydrogen-bond donors (Lipinski definition) is 1. The normalized spacial score (nSPS) is 11.5. The second kappa shape index (κ2) is 9.47. The number of anilines is 1. The smallest absolute Gasteiger partial charge is 0.322 e. The van der Waals surface area contributed by atoms with Crippen LogP contribution >= 0.6 is 11.3 Å². The molecule has 1 heterocycles. The molecule has 0 aliphatic rings. The number of carbonyl (C=O) groups is 2. The van der Waals surface area contributed by atoms with E-state index in [1.165, 1.54) is 0 Å². The zero-order valence-electron chi connectivity index (χ0n) is 18.6. The van der Waals surface area contributed by atoms with Crippen LogP contribution in [0.5, 0.6) is 0 Å². The van der Waals surface area contributed by atoms with E-state index < -0.39 is 5.54 Å². The lowest BCUT2D eigenvalue weighted by Gasteiger charge is -2.35. The number of aromatic nitrogens is 1. The van der Waals surface area contributed by atoms with E-state index in [4.69, 9.17) is 4.74 Å². The van der Waals surface area contributed by atoms with Gasteiger partial charge in [-0.3, -0.25) is 4.79 Å². The summed E-state index contributed by atoms with van der Waals surface area (Å²) in [6, 6.07) is 15.5. The maximum atomic E-state index is 12.9. The van der Waals surface area contributed by atoms with Gasteiger partial charge in [-0.25, -0.2) is 9.78 Å². The zero-order chi connectivity index (χ0) is 22.6. The largest absolute Gasteiger partial charge is 0.464 e. The van der Waals surface area contributed by atoms with Gasteiger partial charge < -0.3 is 15.0 Å². The number of urea groups is 1. The van der Waals surface area contributed by atoms with E-state index >= 15 is 0 Å². The van der Waals surface area contributed by atoms with Crippen LogP contribution < -0.4 is 5.32 Å². The van der Waals surface area contributed by atoms with Crippen molar-refractivity contribution in [1.29, 1.82) is 0 Å². The highest BCUT2D eigenvalue weighted by atomic mass is 32.1. The van der Waals surface area contributed by atoms with Crippen LogP contribution in [0.2, 0.25) is 0 Å². The molecule has 1 aromatic heterocycles. The molecule has 31 heavy (non-hydrogen) atoms. The van der Waals surface area contributed by atoms with Gasteiger partial charge in [0.1, 0.15) is 11.6 Å². The fourth-order valence-corrected chi connectivity index (χ4v) is 4.00. The van der Waals surface area contributed by atoms with E-state index in [-0.39, 0.29) is 24.5 Å². The Bertz CT molecular complexity index is 1020. The molecule has 0 saturated carbocycles. The van der Waals surface area contributed by atoms with Crippen molar-refractivity contribution < 1.29 is 14.3 Å². The Morgan fingerprint density at radius 2 is 1.77 bits per heavy atom. The highest BCUT2D eigenvalue weighted by molar-refractivity contribution is 7.21. The number of rotatable bonds is 6. The highest BCUT2D eigenvalue weighted by Crippen LogP contribution is 2.30. The van der Waals surface area contributed by atoms with Crippen LogP contribution in [0.1, 0.15) is 34.6 Å². The number of hydrogen-bond acceptors (Lipinski definition) is 5. The number of amides is 2. The fourth-order valence-electron chi connectivity index (χ4n) is 3.03. The average Bonchev–Trinajstić information content (AvgIpc) is 3.14. The first-order chi connectivity index (χ1) is 14.6. The van der Waals surface area contributed by atoms with Crippen LogP contribution in [0.4, 0.5) is 10.5 Å². The lowest BCUT2D eigenvalue weighted by Crippen LogP contribution is -2.49. The number of thiazole rings is 1. The maximum Gasteiger partial charge on any atom is 0.322 e. The van der Waals surface area contributed by atoms with Crippen molar-refractivity contribution >= 4 is 39.2 Å². The molecule has 0 fully saturated rings. The molecule has 7 heteroatoms. The SMILES string of the molecule is CC(C)C(=O)OCCN(C(=O)Nc1ccc(-c2nc3ccccc3s2)cc1)C(C)(C)C. The maximum absolute atomic E-state index is 12.9. The van der Waals surface area contributed by atoms with Crippen molar-refractivity contribution in [3.63, 3.8) is 0 Å². The topological polar surface area (TPSA) is 71.5 Å². The molecular weight excluding hydrogens is 410 g/mol. The fraction of sp³-hybridized carbons (Fsp3) is 0.375. The number of para-hydroxylation sites is 1. The van der Waals surface area contributed by atoms with Gasteiger partial charge in [0.2, 0.25) is 0 Å². The summed E-state index contributed by atoms with van der Waals surface area (Å²) in [7, 11) is 0. The van der Waals surface area contributed by atoms with Crippen LogP contribution in [0.15, 0.2) is 48.5 Å². The van der Waals surface area contributed by atoms with E-state index in [9.17, 15) is 9.59 Å². The second-order valence-electron chi connectivity index (χ2n) is 8.64. The van der Waals surface area contributed by atoms with Gasteiger partial charge in [0.05, 0.1) is 22.7 Å². The van der Waals surface area contributed by atoms with Gasteiger partial charge >= 0.3 is 12.0 Å². The Morgan fingerprint density at radius 1 is 1.10 bits per heavy atom. The van der Waals surface area contributed by atoms with Crippen molar-refractivity contribution in [2.24, 2.45) is 5.92 Å². The molecule has 0 saturated heterocycles. The Morgan fingerprint density at radius 3 is 2.39 bits per heavy atom. The standard InChI is InChI=1S/C24H29N3O3S/c1-16(2)22(28)30-15-14-27(24(3,4)5)23(29)25-18-12-10-17(11-13-18)21-26-19-8-6-7-9-20(19)31-21/h6-13,16H,14-15H2,1-5H3,(H,25,29). The van der Waals surface area contributed by atoms with E-state index in [0.717, 1.165) is 20.8 Å². The number of nitrogens with zero attached hydrogens (tertiary/aromatic N) is 2. The van der Waals surface area contributed by atoms with E-state index in [1.807, 2.05) is 63.2 Å². The van der Waals surface area contributed by atoms with Crippen LogP contribution in [0, 0.1) is 5.92 Å². The van der Waals surface area contributed by atoms with Crippen LogP contribution in [0.25, 0.3) is 20.8 Å². The molecule has 6 nitrogen and oxygen atoms in total. The Kier molecular flexibility index (Phi) is 6.95. The third-order valence-corrected chi connectivity index (χ3v) is 5.85. The van der Waals surface area contributed by atoms with Gasteiger partial charge in [0, 0.05) is 16.8 Å². The van der Waals surface area contributed by atoms with Crippen molar-refractivity contribution in [3.8, 4) is 10.6 Å². The van der Waals surface area contributed by atoms with Crippen molar-refractivity contribution in [3.05, 3.63) is 48.5 Å². The molecule has 2 amide bonds. The molecular formula is C24H29N3O3S. The highest BCUT2D eigenvalue weighted by Gasteiger charge is 2.27. The predicted octanol–water partition coefficient (Wildman–Crippen LogP) is 5.79. The summed E-state index contributed by atoms with van der Waals surface area (Å²) in [6.45, 7) is 9.91. The Balaban J connectivity index is 1.66. The molecule has 1 N–H and O–H groups in total. The lowest BCUT2D eigenvalue weighted by atomic mass is 10.1. The van der Waals surface area contributed by atoms with Gasteiger partial charge in [-0.2, -0.15) is 0 Å². The molecule has 0 aliphatic carbocycles. The monoisotopic (exact) mass is 439 g/mol. The zero-order valence-corrected chi connectivity index (χ0v) is 19.5. The first kappa shape index (κ1) is 22.7. The summed E-state index contributed by atoms with van der Waals surface area (Å²) in [5, 5.41) is 3.89. The number of nitrogens with one attached hydrogen (secondary N) is 1. The first-order valence-electron chi connectivity index (χ1n) is 10.4. The van der Waals surface area contributed by atoms with E-state index in [2.05, 4.69) is 16.4 Å². The molecule has 0 aliphatic heterocycles. The molecule has 0 unspecified atom stereocenters. The van der Waals surface area contributed by atoms with Crippen LogP contribution in [-0.2, 0) is 9.53 Å². The van der Waals surface area contributed by atoms with Crippen LogP contribution in [-0.4, -0.2) is 40.6 Å². The molecule has 3 rings (SSSR count). The summed E-state index contributed by atoms with van der Waals surface area (Å²) >= 11 is 1.64. The molecule has 0 radical (unpaired) electrons. The van der Waals surface area contributed by atoms with Gasteiger partial charge in [0.25, 0.3) is 0 Å². The molecule has 2 aromatic carbocycles. The lowest BCUT2D eigenvalue weighted by molar-refractivity contribution is -0.147. The first-order valence-corrected chi connectivity index (χ1v) is 11.2. The quantitative estimate of drug-likeness (QED) is 0.493. The van der Waals surface area contributed by atoms with E-state index in [1.54, 1.807) is 30.1 Å². The summed E-state index contributed by atoms with van der Waals surface area (Å²) in [6.07, 6.45) is 0. The number of fused-ring (bicyclic) bond motifs is 1. The molecule has 0 atom stereocenters. The van der Waals surface area contributed by atoms with Crippen molar-refractivity contribution in [1.82, 2.24) is 9.88 Å². The van der Waals surface area contributed by atoms with Gasteiger partial charge in [-0.05, 0) is 57.2 Å². The van der Waals surface area contributed by atoms with Crippen molar-refractivity contribution in [2.75, 3.05) is 18.5 Å². The van der Waals surface area contributed by atoms with Crippen LogP contribution in [0.3, 0.4) is 0 Å². The molecule has 164 valence electrons. The molecule has 0 spiro atoms. The third kappa shape index (κ3) is 5.82. The minimum Gasteiger partial charge on any atom is -0.464 e. The third-order valence-electron chi connectivity index (χ3n) is 4.76. The Hall–Kier alpha value is -2.93. The van der Waals surface area contributed by atoms with Gasteiger partial charge in [-0.1, -0.05) is 26.0 Å². The minimum absolute atomic E-state index is 0.165. The summed E-state index contributed by atoms with van der Waals surface area (Å²) in [5.41, 5.74) is 2.27. The molecule has 3 aromatic rings. The predicted molar refractivity (Wildman–Crippen MR) is 126 cm³/mol. The van der Waals surface area contributed by atoms with Gasteiger partial charge in [-0.15, -0.1) is 11.3 Å².